The molecule has 0 aliphatic carbocycles. The molecule has 43 heavy (non-hydrogen) atoms. The van der Waals surface area contributed by atoms with Crippen molar-refractivity contribution in [2.24, 2.45) is 5.73 Å². The molecule has 0 bridgehead atoms. The number of pyridine rings is 1. The summed E-state index contributed by atoms with van der Waals surface area (Å²) in [5.41, 5.74) is 5.39. The van der Waals surface area contributed by atoms with E-state index in [1.165, 1.54) is 22.5 Å². The van der Waals surface area contributed by atoms with Crippen molar-refractivity contribution in [1.29, 1.82) is 0 Å². The van der Waals surface area contributed by atoms with E-state index in [2.05, 4.69) is 10.3 Å². The highest BCUT2D eigenvalue weighted by atomic mass is 32.2. The van der Waals surface area contributed by atoms with Crippen molar-refractivity contribution in [3.63, 3.8) is 0 Å². The van der Waals surface area contributed by atoms with Crippen molar-refractivity contribution in [2.45, 2.75) is 53.2 Å². The fraction of sp³-hybridized carbons (Fsp3) is 0.448. The Morgan fingerprint density at radius 1 is 1.12 bits per heavy atom. The molecule has 2 atom stereocenters. The predicted molar refractivity (Wildman–Crippen MR) is 159 cm³/mol. The van der Waals surface area contributed by atoms with E-state index in [1.807, 2.05) is 6.07 Å². The van der Waals surface area contributed by atoms with E-state index in [-0.39, 0.29) is 46.9 Å². The number of amides is 1. The number of nitrogens with one attached hydrogen (secondary N) is 1. The van der Waals surface area contributed by atoms with Gasteiger partial charge in [-0.25, -0.2) is 16.8 Å². The molecular weight excluding hydrogens is 596 g/mol. The molecule has 2 saturated heterocycles. The number of nitrogens with zero attached hydrogens (tertiary/aromatic N) is 2. The van der Waals surface area contributed by atoms with E-state index in [9.17, 15) is 26.7 Å². The van der Waals surface area contributed by atoms with Crippen molar-refractivity contribution in [2.75, 3.05) is 38.6 Å². The summed E-state index contributed by atoms with van der Waals surface area (Å²) in [7, 11) is -7.34. The number of fused-ring (bicyclic) bond motifs is 1. The summed E-state index contributed by atoms with van der Waals surface area (Å²) >= 11 is 0. The lowest BCUT2D eigenvalue weighted by atomic mass is 9.88. The summed E-state index contributed by atoms with van der Waals surface area (Å²) in [5.74, 6) is -0.803. The quantitative estimate of drug-likeness (QED) is 0.263. The molecule has 232 valence electrons. The first-order valence-corrected chi connectivity index (χ1v) is 17.2. The average Bonchev–Trinajstić information content (AvgIpc) is 3.40. The molecule has 3 heterocycles. The second-order valence-electron chi connectivity index (χ2n) is 11.0. The molecule has 2 aromatic carbocycles. The average molecular weight is 633 g/mol. The highest BCUT2D eigenvalue weighted by Crippen LogP contribution is 2.37. The molecule has 1 aromatic heterocycles. The Hall–Kier alpha value is -3.14. The number of carbonyl (C=O) groups excluding carboxylic acids is 1. The minimum atomic E-state index is -3.69. The number of rotatable bonds is 12. The van der Waals surface area contributed by atoms with Gasteiger partial charge in [-0.3, -0.25) is 9.78 Å². The van der Waals surface area contributed by atoms with Gasteiger partial charge in [0.05, 0.1) is 33.3 Å². The van der Waals surface area contributed by atoms with Crippen molar-refractivity contribution < 1.29 is 36.2 Å². The van der Waals surface area contributed by atoms with Crippen molar-refractivity contribution in [3.05, 3.63) is 60.8 Å². The van der Waals surface area contributed by atoms with E-state index in [0.717, 1.165) is 10.9 Å². The zero-order chi connectivity index (χ0) is 30.7. The van der Waals surface area contributed by atoms with Crippen LogP contribution in [0.15, 0.2) is 70.6 Å². The van der Waals surface area contributed by atoms with Crippen LogP contribution >= 0.6 is 0 Å². The lowest BCUT2D eigenvalue weighted by Gasteiger charge is -2.38. The Morgan fingerprint density at radius 2 is 1.91 bits per heavy atom. The summed E-state index contributed by atoms with van der Waals surface area (Å²) < 4.78 is 64.8. The summed E-state index contributed by atoms with van der Waals surface area (Å²) in [6.07, 6.45) is 2.38. The van der Waals surface area contributed by atoms with Gasteiger partial charge in [0.25, 0.3) is 0 Å². The first kappa shape index (κ1) is 31.3. The fourth-order valence-electron chi connectivity index (χ4n) is 5.49. The number of benzene rings is 2. The van der Waals surface area contributed by atoms with E-state index in [1.54, 1.807) is 36.5 Å². The fourth-order valence-corrected chi connectivity index (χ4v) is 8.25. The van der Waals surface area contributed by atoms with Crippen molar-refractivity contribution in [3.8, 4) is 5.75 Å². The zero-order valence-corrected chi connectivity index (χ0v) is 25.2. The Morgan fingerprint density at radius 3 is 2.67 bits per heavy atom. The number of aromatic nitrogens is 1. The summed E-state index contributed by atoms with van der Waals surface area (Å²) in [4.78, 5) is 15.5. The highest BCUT2D eigenvalue weighted by Gasteiger charge is 2.44. The maximum Gasteiger partial charge on any atom is 0.243 e. The van der Waals surface area contributed by atoms with Gasteiger partial charge in [-0.2, -0.15) is 4.31 Å². The number of hydrogen-bond acceptors (Lipinski definition) is 10. The Labute approximate surface area is 251 Å². The molecule has 0 unspecified atom stereocenters. The van der Waals surface area contributed by atoms with Crippen LogP contribution in [-0.2, 0) is 29.4 Å². The smallest absolute Gasteiger partial charge is 0.243 e. The second-order valence-corrected chi connectivity index (χ2v) is 15.1. The van der Waals surface area contributed by atoms with Crippen LogP contribution < -0.4 is 15.8 Å². The number of nitrogens with two attached hydrogens (primary N) is 1. The van der Waals surface area contributed by atoms with Crippen LogP contribution in [-0.4, -0.2) is 93.5 Å². The van der Waals surface area contributed by atoms with Gasteiger partial charge in [0.1, 0.15) is 18.5 Å². The van der Waals surface area contributed by atoms with Crippen LogP contribution in [0.1, 0.15) is 25.7 Å². The Balaban J connectivity index is 1.08. The second kappa shape index (κ2) is 12.8. The molecular formula is C29H36N4O8S2. The van der Waals surface area contributed by atoms with Gasteiger partial charge in [-0.05, 0) is 61.7 Å². The van der Waals surface area contributed by atoms with E-state index >= 15 is 0 Å². The standard InChI is InChI=1S/C29H36N4O8S2/c30-28(35)8-14-42(36,37)25-5-1-4-24(16-25)40-20-23(34)18-32-22-17-29(41-19-22)9-12-33(13-10-29)43(38,39)26-6-7-27-21(15-26)3-2-11-31-27/h1-7,11,15-16,22-23,32,34H,8-10,12-14,17-20H2,(H2,30,35)/t22-,23+/m1/s1. The van der Waals surface area contributed by atoms with Crippen LogP contribution in [0.2, 0.25) is 0 Å². The number of piperidine rings is 1. The predicted octanol–water partition coefficient (Wildman–Crippen LogP) is 1.23. The molecule has 14 heteroatoms. The van der Waals surface area contributed by atoms with Gasteiger partial charge in [0.2, 0.25) is 15.9 Å². The lowest BCUT2D eigenvalue weighted by molar-refractivity contribution is -0.117. The molecule has 1 amide bonds. The topological polar surface area (TPSA) is 178 Å². The van der Waals surface area contributed by atoms with Crippen LogP contribution in [0, 0.1) is 0 Å². The van der Waals surface area contributed by atoms with Gasteiger partial charge in [-0.15, -0.1) is 0 Å². The number of sulfone groups is 1. The third-order valence-corrected chi connectivity index (χ3v) is 11.5. The molecule has 1 spiro atoms. The molecule has 12 nitrogen and oxygen atoms in total. The highest BCUT2D eigenvalue weighted by molar-refractivity contribution is 7.91. The van der Waals surface area contributed by atoms with E-state index in [4.69, 9.17) is 15.2 Å². The monoisotopic (exact) mass is 632 g/mol. The first-order chi connectivity index (χ1) is 20.5. The largest absolute Gasteiger partial charge is 0.491 e. The molecule has 2 aliphatic rings. The molecule has 5 rings (SSSR count). The number of ether oxygens (including phenoxy) is 2. The third kappa shape index (κ3) is 7.51. The van der Waals surface area contributed by atoms with Crippen LogP contribution in [0.3, 0.4) is 0 Å². The lowest BCUT2D eigenvalue weighted by Crippen LogP contribution is -2.47. The number of primary amides is 1. The van der Waals surface area contributed by atoms with Gasteiger partial charge in [0.15, 0.2) is 9.84 Å². The van der Waals surface area contributed by atoms with E-state index < -0.39 is 37.5 Å². The number of aliphatic hydroxyl groups is 1. The molecule has 0 saturated carbocycles. The number of aliphatic hydroxyl groups excluding tert-OH is 1. The van der Waals surface area contributed by atoms with Gasteiger partial charge in [0, 0.05) is 43.7 Å². The maximum absolute atomic E-state index is 13.3. The SMILES string of the molecule is NC(=O)CCS(=O)(=O)c1cccc(OC[C@@H](O)CN[C@H]2COC3(CCN(S(=O)(=O)c4ccc5ncccc5c4)CC3)C2)c1. The molecule has 2 fully saturated rings. The summed E-state index contributed by atoms with van der Waals surface area (Å²) in [5, 5.41) is 14.5. The van der Waals surface area contributed by atoms with Crippen LogP contribution in [0.4, 0.5) is 0 Å². The minimum Gasteiger partial charge on any atom is -0.491 e. The number of hydrogen-bond donors (Lipinski definition) is 3. The van der Waals surface area contributed by atoms with Crippen molar-refractivity contribution in [1.82, 2.24) is 14.6 Å². The summed E-state index contributed by atoms with van der Waals surface area (Å²) in [6, 6.07) is 14.5. The number of carbonyl (C=O) groups is 1. The van der Waals surface area contributed by atoms with Crippen LogP contribution in [0.25, 0.3) is 10.9 Å². The van der Waals surface area contributed by atoms with Gasteiger partial charge in [-0.1, -0.05) is 12.1 Å². The van der Waals surface area contributed by atoms with Crippen molar-refractivity contribution >= 4 is 36.7 Å². The van der Waals surface area contributed by atoms with E-state index in [0.29, 0.717) is 39.0 Å². The molecule has 3 aromatic rings. The molecule has 4 N–H and O–H groups in total. The third-order valence-electron chi connectivity index (χ3n) is 7.92. The Kier molecular flexibility index (Phi) is 9.34. The number of sulfonamides is 1. The minimum absolute atomic E-state index is 0.00970. The van der Waals surface area contributed by atoms with Gasteiger partial charge < -0.3 is 25.6 Å². The normalized spacial score (nSPS) is 19.9. The summed E-state index contributed by atoms with van der Waals surface area (Å²) in [6.45, 7) is 1.33. The first-order valence-electron chi connectivity index (χ1n) is 14.1. The van der Waals surface area contributed by atoms with Crippen LogP contribution in [0.5, 0.6) is 5.75 Å². The molecule has 2 aliphatic heterocycles. The Bertz CT molecular complexity index is 1670. The van der Waals surface area contributed by atoms with Gasteiger partial charge >= 0.3 is 0 Å². The molecule has 0 radical (unpaired) electrons. The zero-order valence-electron chi connectivity index (χ0n) is 23.6. The maximum atomic E-state index is 13.3.